The monoisotopic (exact) mass is 326 g/mol. The Morgan fingerprint density at radius 1 is 1.29 bits per heavy atom. The predicted molar refractivity (Wildman–Crippen MR) is 82.4 cm³/mol. The molecule has 0 spiro atoms. The van der Waals surface area contributed by atoms with Crippen molar-refractivity contribution in [3.8, 4) is 11.3 Å². The fourth-order valence-corrected chi connectivity index (χ4v) is 2.73. The van der Waals surface area contributed by atoms with Gasteiger partial charge in [-0.2, -0.15) is 5.10 Å². The lowest BCUT2D eigenvalue weighted by Gasteiger charge is -2.02. The fourth-order valence-electron chi connectivity index (χ4n) is 1.85. The highest BCUT2D eigenvalue weighted by molar-refractivity contribution is 7.91. The lowest BCUT2D eigenvalue weighted by Crippen LogP contribution is -2.14. The van der Waals surface area contributed by atoms with Crippen LogP contribution in [0.25, 0.3) is 11.3 Å². The third-order valence-electron chi connectivity index (χ3n) is 3.11. The number of aryl methyl sites for hydroxylation is 1. The molecule has 0 fully saturated rings. The van der Waals surface area contributed by atoms with Crippen LogP contribution in [0.15, 0.2) is 30.5 Å². The molecule has 0 bridgehead atoms. The number of hydrogen-bond acceptors (Lipinski definition) is 4. The summed E-state index contributed by atoms with van der Waals surface area (Å²) in [6, 6.07) is 6.97. The Bertz CT molecular complexity index is 736. The second-order valence-electron chi connectivity index (χ2n) is 4.56. The van der Waals surface area contributed by atoms with Crippen LogP contribution < -0.4 is 0 Å². The average molecular weight is 327 g/mol. The van der Waals surface area contributed by atoms with Crippen molar-refractivity contribution in [2.24, 2.45) is 0 Å². The molecule has 0 unspecified atom stereocenters. The minimum absolute atomic E-state index is 0.00351. The summed E-state index contributed by atoms with van der Waals surface area (Å²) in [6.45, 7) is 1.83. The van der Waals surface area contributed by atoms with Crippen molar-refractivity contribution < 1.29 is 13.2 Å². The van der Waals surface area contributed by atoms with Gasteiger partial charge < -0.3 is 0 Å². The van der Waals surface area contributed by atoms with Gasteiger partial charge >= 0.3 is 0 Å². The lowest BCUT2D eigenvalue weighted by molar-refractivity contribution is 0.112. The molecule has 0 saturated carbocycles. The Labute approximate surface area is 128 Å². The lowest BCUT2D eigenvalue weighted by atomic mass is 10.1. The molecule has 112 valence electrons. The summed E-state index contributed by atoms with van der Waals surface area (Å²) >= 11 is 5.83. The summed E-state index contributed by atoms with van der Waals surface area (Å²) in [5, 5.41) is 4.89. The zero-order valence-corrected chi connectivity index (χ0v) is 13.1. The van der Waals surface area contributed by atoms with Crippen molar-refractivity contribution in [2.45, 2.75) is 13.5 Å². The van der Waals surface area contributed by atoms with Gasteiger partial charge in [0.25, 0.3) is 0 Å². The van der Waals surface area contributed by atoms with Crippen LogP contribution in [0.5, 0.6) is 0 Å². The highest BCUT2D eigenvalue weighted by Gasteiger charge is 2.13. The van der Waals surface area contributed by atoms with Gasteiger partial charge in [0.05, 0.1) is 17.9 Å². The van der Waals surface area contributed by atoms with E-state index in [4.69, 9.17) is 11.6 Å². The van der Waals surface area contributed by atoms with Crippen LogP contribution in [0, 0.1) is 0 Å². The number of carbonyl (C=O) groups is 1. The van der Waals surface area contributed by atoms with Crippen LogP contribution in [0.2, 0.25) is 5.02 Å². The summed E-state index contributed by atoms with van der Waals surface area (Å²) in [7, 11) is -3.06. The van der Waals surface area contributed by atoms with Gasteiger partial charge in [0.2, 0.25) is 0 Å². The Morgan fingerprint density at radius 3 is 2.52 bits per heavy atom. The number of carbonyl (C=O) groups excluding carboxylic acids is 1. The van der Waals surface area contributed by atoms with E-state index < -0.39 is 9.84 Å². The van der Waals surface area contributed by atoms with Gasteiger partial charge in [-0.1, -0.05) is 30.7 Å². The van der Waals surface area contributed by atoms with E-state index in [1.54, 1.807) is 37.4 Å². The molecule has 5 nitrogen and oxygen atoms in total. The predicted octanol–water partition coefficient (Wildman–Crippen LogP) is 2.45. The molecule has 0 N–H and O–H groups in total. The van der Waals surface area contributed by atoms with Crippen molar-refractivity contribution in [1.29, 1.82) is 0 Å². The molecule has 1 heterocycles. The van der Waals surface area contributed by atoms with Gasteiger partial charge in [-0.05, 0) is 12.1 Å². The molecule has 0 aliphatic heterocycles. The number of rotatable bonds is 6. The molecule has 21 heavy (non-hydrogen) atoms. The first-order valence-electron chi connectivity index (χ1n) is 6.44. The first-order chi connectivity index (χ1) is 9.95. The zero-order chi connectivity index (χ0) is 15.5. The molecule has 2 aromatic rings. The first-order valence-corrected chi connectivity index (χ1v) is 8.64. The van der Waals surface area contributed by atoms with Crippen LogP contribution in [0.4, 0.5) is 0 Å². The molecule has 0 radical (unpaired) electrons. The normalized spacial score (nSPS) is 11.5. The number of halogens is 1. The van der Waals surface area contributed by atoms with Gasteiger partial charge in [0.1, 0.15) is 5.69 Å². The Morgan fingerprint density at radius 2 is 1.95 bits per heavy atom. The molecule has 0 atom stereocenters. The maximum atomic E-state index is 11.5. The smallest absolute Gasteiger partial charge is 0.153 e. The van der Waals surface area contributed by atoms with Crippen molar-refractivity contribution >= 4 is 27.7 Å². The Hall–Kier alpha value is -1.66. The minimum Gasteiger partial charge on any atom is -0.298 e. The van der Waals surface area contributed by atoms with Gasteiger partial charge in [-0.3, -0.25) is 9.48 Å². The minimum atomic E-state index is -3.06. The van der Waals surface area contributed by atoms with Gasteiger partial charge in [-0.25, -0.2) is 8.42 Å². The maximum absolute atomic E-state index is 11.5. The fraction of sp³-hybridized carbons (Fsp3) is 0.286. The maximum Gasteiger partial charge on any atom is 0.153 e. The van der Waals surface area contributed by atoms with Gasteiger partial charge in [-0.15, -0.1) is 0 Å². The molecule has 1 aromatic carbocycles. The molecular formula is C14H15ClN2O3S. The van der Waals surface area contributed by atoms with Crippen LogP contribution in [0.3, 0.4) is 0 Å². The summed E-state index contributed by atoms with van der Waals surface area (Å²) in [6.07, 6.45) is 2.27. The third kappa shape index (κ3) is 3.92. The van der Waals surface area contributed by atoms with Crippen LogP contribution in [-0.4, -0.2) is 36.0 Å². The van der Waals surface area contributed by atoms with E-state index in [0.29, 0.717) is 22.6 Å². The Balaban J connectivity index is 2.27. The van der Waals surface area contributed by atoms with E-state index in [0.717, 1.165) is 5.56 Å². The number of hydrogen-bond donors (Lipinski definition) is 0. The second kappa shape index (κ2) is 6.41. The largest absolute Gasteiger partial charge is 0.298 e. The first kappa shape index (κ1) is 15.7. The molecule has 0 amide bonds. The SMILES string of the molecule is CCS(=O)(=O)CCn1cc(C=O)c(-c2ccc(Cl)cc2)n1. The van der Waals surface area contributed by atoms with E-state index in [1.165, 1.54) is 4.68 Å². The summed E-state index contributed by atoms with van der Waals surface area (Å²) < 4.78 is 24.5. The van der Waals surface area contributed by atoms with Crippen LogP contribution in [0.1, 0.15) is 17.3 Å². The van der Waals surface area contributed by atoms with E-state index in [1.807, 2.05) is 0 Å². The molecule has 0 aliphatic carbocycles. The molecule has 2 rings (SSSR count). The second-order valence-corrected chi connectivity index (χ2v) is 7.47. The zero-order valence-electron chi connectivity index (χ0n) is 11.5. The van der Waals surface area contributed by atoms with Crippen molar-refractivity contribution in [1.82, 2.24) is 9.78 Å². The van der Waals surface area contributed by atoms with Gasteiger partial charge in [0.15, 0.2) is 16.1 Å². The number of aromatic nitrogens is 2. The molecule has 0 aliphatic rings. The molecule has 7 heteroatoms. The molecule has 1 aromatic heterocycles. The highest BCUT2D eigenvalue weighted by Crippen LogP contribution is 2.22. The third-order valence-corrected chi connectivity index (χ3v) is 5.04. The topological polar surface area (TPSA) is 69.0 Å². The molecule has 0 saturated heterocycles. The van der Waals surface area contributed by atoms with Crippen LogP contribution in [-0.2, 0) is 16.4 Å². The van der Waals surface area contributed by atoms with Crippen molar-refractivity contribution in [3.63, 3.8) is 0 Å². The van der Waals surface area contributed by atoms with E-state index >= 15 is 0 Å². The quantitative estimate of drug-likeness (QED) is 0.765. The summed E-state index contributed by atoms with van der Waals surface area (Å²) in [5.41, 5.74) is 1.71. The number of aldehydes is 1. The average Bonchev–Trinajstić information content (AvgIpc) is 2.89. The van der Waals surface area contributed by atoms with E-state index in [-0.39, 0.29) is 18.1 Å². The van der Waals surface area contributed by atoms with Gasteiger partial charge in [0, 0.05) is 22.5 Å². The highest BCUT2D eigenvalue weighted by atomic mass is 35.5. The van der Waals surface area contributed by atoms with Crippen LogP contribution >= 0.6 is 11.6 Å². The van der Waals surface area contributed by atoms with Crippen molar-refractivity contribution in [2.75, 3.05) is 11.5 Å². The number of sulfone groups is 1. The number of nitrogens with zero attached hydrogens (tertiary/aromatic N) is 2. The van der Waals surface area contributed by atoms with E-state index in [2.05, 4.69) is 5.10 Å². The summed E-state index contributed by atoms with van der Waals surface area (Å²) in [5.74, 6) is 0.0996. The van der Waals surface area contributed by atoms with E-state index in [9.17, 15) is 13.2 Å². The number of benzene rings is 1. The standard InChI is InChI=1S/C14H15ClN2O3S/c1-2-21(19,20)8-7-17-9-12(10-18)14(16-17)11-3-5-13(15)6-4-11/h3-6,9-10H,2,7-8H2,1H3. The summed E-state index contributed by atoms with van der Waals surface area (Å²) in [4.78, 5) is 11.1. The van der Waals surface area contributed by atoms with Crippen molar-refractivity contribution in [3.05, 3.63) is 41.0 Å². The Kier molecular flexibility index (Phi) is 4.80. The molecular weight excluding hydrogens is 312 g/mol.